The van der Waals surface area contributed by atoms with E-state index >= 15 is 0 Å². The second-order valence-corrected chi connectivity index (χ2v) is 8.28. The number of aliphatic hydroxyl groups excluding tert-OH is 1. The quantitative estimate of drug-likeness (QED) is 0.291. The molecular formula is C28H27NO6. The second kappa shape index (κ2) is 9.93. The number of hydrogen-bond donors (Lipinski definition) is 1. The number of amides is 1. The van der Waals surface area contributed by atoms with Crippen LogP contribution in [0, 0.1) is 0 Å². The molecule has 0 saturated carbocycles. The van der Waals surface area contributed by atoms with Gasteiger partial charge in [-0.25, -0.2) is 0 Å². The monoisotopic (exact) mass is 473 g/mol. The maximum atomic E-state index is 13.4. The first-order valence-corrected chi connectivity index (χ1v) is 11.2. The van der Waals surface area contributed by atoms with Gasteiger partial charge in [0.15, 0.2) is 0 Å². The SMILES string of the molecule is COc1cccc(OC)c1/C(O)=C1\C(=O)C(=O)N(c2ccccc2)C1c1cccc(OC(C)C)c1. The van der Waals surface area contributed by atoms with Crippen LogP contribution >= 0.6 is 0 Å². The van der Waals surface area contributed by atoms with Crippen molar-refractivity contribution in [2.45, 2.75) is 26.0 Å². The number of Topliss-reactive ketones (excluding diaryl/α,β-unsaturated/α-hetero) is 1. The molecule has 1 amide bonds. The molecule has 7 heteroatoms. The Labute approximate surface area is 204 Å². The summed E-state index contributed by atoms with van der Waals surface area (Å²) in [5.41, 5.74) is 1.27. The normalized spacial score (nSPS) is 17.1. The average molecular weight is 474 g/mol. The Balaban J connectivity index is 1.99. The molecular weight excluding hydrogens is 446 g/mol. The van der Waals surface area contributed by atoms with Crippen molar-refractivity contribution in [1.29, 1.82) is 0 Å². The predicted molar refractivity (Wildman–Crippen MR) is 133 cm³/mol. The Morgan fingerprint density at radius 1 is 0.886 bits per heavy atom. The van der Waals surface area contributed by atoms with E-state index in [-0.39, 0.29) is 23.0 Å². The zero-order chi connectivity index (χ0) is 25.1. The summed E-state index contributed by atoms with van der Waals surface area (Å²) < 4.78 is 16.7. The van der Waals surface area contributed by atoms with Gasteiger partial charge < -0.3 is 19.3 Å². The van der Waals surface area contributed by atoms with Crippen LogP contribution < -0.4 is 19.1 Å². The summed E-state index contributed by atoms with van der Waals surface area (Å²) in [5.74, 6) is -0.722. The van der Waals surface area contributed by atoms with Gasteiger partial charge in [-0.05, 0) is 55.8 Å². The molecule has 0 aromatic heterocycles. The third-order valence-electron chi connectivity index (χ3n) is 5.69. The number of anilines is 1. The summed E-state index contributed by atoms with van der Waals surface area (Å²) >= 11 is 0. The topological polar surface area (TPSA) is 85.3 Å². The molecule has 1 aliphatic rings. The average Bonchev–Trinajstić information content (AvgIpc) is 3.13. The van der Waals surface area contributed by atoms with Crippen LogP contribution in [0.15, 0.2) is 78.4 Å². The third kappa shape index (κ3) is 4.45. The Hall–Kier alpha value is -4.26. The summed E-state index contributed by atoms with van der Waals surface area (Å²) in [6, 6.07) is 20.2. The van der Waals surface area contributed by atoms with Gasteiger partial charge >= 0.3 is 0 Å². The number of aliphatic hydroxyl groups is 1. The molecule has 0 spiro atoms. The van der Waals surface area contributed by atoms with Crippen molar-refractivity contribution in [3.8, 4) is 17.2 Å². The Morgan fingerprint density at radius 3 is 2.11 bits per heavy atom. The van der Waals surface area contributed by atoms with Crippen molar-refractivity contribution in [3.63, 3.8) is 0 Å². The van der Waals surface area contributed by atoms with Gasteiger partial charge in [-0.3, -0.25) is 14.5 Å². The fourth-order valence-corrected chi connectivity index (χ4v) is 4.25. The van der Waals surface area contributed by atoms with Crippen LogP contribution in [-0.2, 0) is 9.59 Å². The third-order valence-corrected chi connectivity index (χ3v) is 5.69. The van der Waals surface area contributed by atoms with Crippen molar-refractivity contribution in [1.82, 2.24) is 0 Å². The number of nitrogens with zero attached hydrogens (tertiary/aromatic N) is 1. The van der Waals surface area contributed by atoms with E-state index in [1.54, 1.807) is 66.7 Å². The maximum absolute atomic E-state index is 13.4. The van der Waals surface area contributed by atoms with Gasteiger partial charge in [-0.2, -0.15) is 0 Å². The van der Waals surface area contributed by atoms with E-state index < -0.39 is 17.7 Å². The van der Waals surface area contributed by atoms with E-state index in [1.807, 2.05) is 19.9 Å². The summed E-state index contributed by atoms with van der Waals surface area (Å²) in [7, 11) is 2.91. The lowest BCUT2D eigenvalue weighted by atomic mass is 9.94. The summed E-state index contributed by atoms with van der Waals surface area (Å²) in [6.45, 7) is 3.83. The van der Waals surface area contributed by atoms with E-state index in [0.717, 1.165) is 0 Å². The van der Waals surface area contributed by atoms with E-state index in [2.05, 4.69) is 0 Å². The molecule has 1 unspecified atom stereocenters. The molecule has 3 aromatic carbocycles. The number of ether oxygens (including phenoxy) is 3. The van der Waals surface area contributed by atoms with Crippen molar-refractivity contribution in [3.05, 3.63) is 89.5 Å². The van der Waals surface area contributed by atoms with Crippen LogP contribution in [0.4, 0.5) is 5.69 Å². The minimum absolute atomic E-state index is 0.0661. The first-order valence-electron chi connectivity index (χ1n) is 11.2. The van der Waals surface area contributed by atoms with Crippen LogP contribution in [0.5, 0.6) is 17.2 Å². The van der Waals surface area contributed by atoms with Crippen molar-refractivity contribution in [2.75, 3.05) is 19.1 Å². The van der Waals surface area contributed by atoms with E-state index in [9.17, 15) is 14.7 Å². The van der Waals surface area contributed by atoms with Gasteiger partial charge in [-0.15, -0.1) is 0 Å². The lowest BCUT2D eigenvalue weighted by molar-refractivity contribution is -0.132. The predicted octanol–water partition coefficient (Wildman–Crippen LogP) is 5.12. The molecule has 0 aliphatic carbocycles. The van der Waals surface area contributed by atoms with Crippen LogP contribution in [0.2, 0.25) is 0 Å². The lowest BCUT2D eigenvalue weighted by Crippen LogP contribution is -2.29. The number of rotatable bonds is 7. The molecule has 1 atom stereocenters. The maximum Gasteiger partial charge on any atom is 0.300 e. The fourth-order valence-electron chi connectivity index (χ4n) is 4.25. The molecule has 0 bridgehead atoms. The number of hydrogen-bond acceptors (Lipinski definition) is 6. The Bertz CT molecular complexity index is 1260. The van der Waals surface area contributed by atoms with Crippen LogP contribution in [0.1, 0.15) is 31.0 Å². The molecule has 1 aliphatic heterocycles. The fraction of sp³-hybridized carbons (Fsp3) is 0.214. The number of para-hydroxylation sites is 1. The van der Waals surface area contributed by atoms with Crippen molar-refractivity contribution < 1.29 is 28.9 Å². The highest BCUT2D eigenvalue weighted by atomic mass is 16.5. The van der Waals surface area contributed by atoms with Crippen LogP contribution in [-0.4, -0.2) is 37.1 Å². The highest BCUT2D eigenvalue weighted by Gasteiger charge is 2.47. The second-order valence-electron chi connectivity index (χ2n) is 8.28. The Morgan fingerprint density at radius 2 is 1.51 bits per heavy atom. The molecule has 4 rings (SSSR count). The largest absolute Gasteiger partial charge is 0.506 e. The van der Waals surface area contributed by atoms with E-state index in [1.165, 1.54) is 19.1 Å². The summed E-state index contributed by atoms with van der Waals surface area (Å²) in [5, 5.41) is 11.5. The number of carbonyl (C=O) groups excluding carboxylic acids is 2. The summed E-state index contributed by atoms with van der Waals surface area (Å²) in [4.78, 5) is 28.2. The summed E-state index contributed by atoms with van der Waals surface area (Å²) in [6.07, 6.45) is -0.0661. The van der Waals surface area contributed by atoms with E-state index in [4.69, 9.17) is 14.2 Å². The molecule has 1 fully saturated rings. The number of carbonyl (C=O) groups is 2. The minimum atomic E-state index is -0.900. The van der Waals surface area contributed by atoms with Crippen molar-refractivity contribution >= 4 is 23.1 Å². The highest BCUT2D eigenvalue weighted by molar-refractivity contribution is 6.51. The number of benzene rings is 3. The van der Waals surface area contributed by atoms with Gasteiger partial charge in [0, 0.05) is 5.69 Å². The molecule has 1 N–H and O–H groups in total. The number of methoxy groups -OCH3 is 2. The molecule has 180 valence electrons. The Kier molecular flexibility index (Phi) is 6.78. The molecule has 0 radical (unpaired) electrons. The minimum Gasteiger partial charge on any atom is -0.506 e. The zero-order valence-electron chi connectivity index (χ0n) is 20.0. The van der Waals surface area contributed by atoms with Gasteiger partial charge in [0.05, 0.1) is 31.9 Å². The lowest BCUT2D eigenvalue weighted by Gasteiger charge is -2.26. The molecule has 1 saturated heterocycles. The van der Waals surface area contributed by atoms with Gasteiger partial charge in [0.25, 0.3) is 11.7 Å². The standard InChI is InChI=1S/C28H27NO6/c1-17(2)35-20-13-8-10-18(16-20)25-24(26(30)23-21(33-3)14-9-15-22(23)34-4)27(31)28(32)29(25)19-11-6-5-7-12-19/h5-17,25,30H,1-4H3/b26-24+. The van der Waals surface area contributed by atoms with Gasteiger partial charge in [0.1, 0.15) is 28.6 Å². The first kappa shape index (κ1) is 23.9. The molecule has 35 heavy (non-hydrogen) atoms. The first-order chi connectivity index (χ1) is 16.9. The van der Waals surface area contributed by atoms with Crippen molar-refractivity contribution in [2.24, 2.45) is 0 Å². The van der Waals surface area contributed by atoms with Gasteiger partial charge in [0.2, 0.25) is 0 Å². The molecule has 1 heterocycles. The smallest absolute Gasteiger partial charge is 0.300 e. The van der Waals surface area contributed by atoms with E-state index in [0.29, 0.717) is 28.5 Å². The highest BCUT2D eigenvalue weighted by Crippen LogP contribution is 2.45. The van der Waals surface area contributed by atoms with Gasteiger partial charge in [-0.1, -0.05) is 36.4 Å². The molecule has 7 nitrogen and oxygen atoms in total. The van der Waals surface area contributed by atoms with Crippen LogP contribution in [0.25, 0.3) is 5.76 Å². The number of ketones is 1. The zero-order valence-corrected chi connectivity index (χ0v) is 20.0. The van der Waals surface area contributed by atoms with Crippen LogP contribution in [0.3, 0.4) is 0 Å². The molecule has 3 aromatic rings.